The number of imidazole rings is 1. The number of halogens is 1. The first-order chi connectivity index (χ1) is 8.75. The van der Waals surface area contributed by atoms with Gasteiger partial charge in [-0.25, -0.2) is 4.79 Å². The van der Waals surface area contributed by atoms with E-state index in [0.29, 0.717) is 10.3 Å². The van der Waals surface area contributed by atoms with Crippen molar-refractivity contribution in [3.63, 3.8) is 0 Å². The Morgan fingerprint density at radius 3 is 3.11 bits per heavy atom. The second-order valence-electron chi connectivity index (χ2n) is 4.67. The monoisotopic (exact) mass is 282 g/mol. The van der Waals surface area contributed by atoms with Crippen LogP contribution in [0.5, 0.6) is 0 Å². The first kappa shape index (κ1) is 12.2. The first-order valence-electron chi connectivity index (χ1n) is 6.24. The van der Waals surface area contributed by atoms with Gasteiger partial charge in [0.1, 0.15) is 0 Å². The van der Waals surface area contributed by atoms with Gasteiger partial charge in [0.2, 0.25) is 0 Å². The van der Waals surface area contributed by atoms with Crippen molar-refractivity contribution in [3.8, 4) is 0 Å². The van der Waals surface area contributed by atoms with Crippen LogP contribution in [0.15, 0.2) is 23.0 Å². The number of H-pyrrole nitrogens is 1. The Hall–Kier alpha value is -0.870. The number of thioether (sulfide) groups is 1. The van der Waals surface area contributed by atoms with Crippen molar-refractivity contribution in [2.45, 2.75) is 31.1 Å². The van der Waals surface area contributed by atoms with Gasteiger partial charge in [-0.3, -0.25) is 4.57 Å². The highest BCUT2D eigenvalue weighted by Gasteiger charge is 2.18. The van der Waals surface area contributed by atoms with Crippen LogP contribution in [0.4, 0.5) is 0 Å². The molecule has 0 bridgehead atoms. The predicted octanol–water partition coefficient (Wildman–Crippen LogP) is 3.27. The third-order valence-corrected chi connectivity index (χ3v) is 5.09. The van der Waals surface area contributed by atoms with Crippen molar-refractivity contribution in [1.82, 2.24) is 9.55 Å². The van der Waals surface area contributed by atoms with E-state index in [1.54, 1.807) is 4.57 Å². The normalized spacial score (nSPS) is 20.4. The molecule has 3 rings (SSSR count). The summed E-state index contributed by atoms with van der Waals surface area (Å²) in [5.41, 5.74) is 1.62. The van der Waals surface area contributed by atoms with Crippen LogP contribution in [-0.4, -0.2) is 20.6 Å². The molecule has 1 fully saturated rings. The lowest BCUT2D eigenvalue weighted by molar-refractivity contribution is 0.582. The topological polar surface area (TPSA) is 37.8 Å². The number of hydrogen-bond acceptors (Lipinski definition) is 2. The van der Waals surface area contributed by atoms with Gasteiger partial charge in [0.25, 0.3) is 0 Å². The minimum atomic E-state index is -0.0516. The molecule has 1 aromatic heterocycles. The Morgan fingerprint density at radius 2 is 2.33 bits per heavy atom. The van der Waals surface area contributed by atoms with E-state index in [2.05, 4.69) is 4.98 Å². The largest absolute Gasteiger partial charge is 0.326 e. The number of fused-ring (bicyclic) bond motifs is 1. The number of aromatic amines is 1. The molecule has 18 heavy (non-hydrogen) atoms. The molecule has 1 unspecified atom stereocenters. The van der Waals surface area contributed by atoms with Gasteiger partial charge in [0, 0.05) is 11.8 Å². The number of hydrogen-bond donors (Lipinski definition) is 1. The molecule has 2 aromatic rings. The molecule has 0 aliphatic carbocycles. The maximum absolute atomic E-state index is 12.0. The Kier molecular flexibility index (Phi) is 3.39. The number of benzene rings is 1. The summed E-state index contributed by atoms with van der Waals surface area (Å²) in [7, 11) is 0. The fourth-order valence-corrected chi connectivity index (χ4v) is 4.07. The second-order valence-corrected chi connectivity index (χ2v) is 6.48. The highest BCUT2D eigenvalue weighted by Crippen LogP contribution is 2.28. The Morgan fingerprint density at radius 1 is 1.44 bits per heavy atom. The van der Waals surface area contributed by atoms with E-state index < -0.39 is 0 Å². The summed E-state index contributed by atoms with van der Waals surface area (Å²) < 4.78 is 1.79. The molecule has 0 saturated carbocycles. The highest BCUT2D eigenvalue weighted by atomic mass is 35.5. The smallest absolute Gasteiger partial charge is 0.305 e. The van der Waals surface area contributed by atoms with Crippen molar-refractivity contribution in [2.75, 3.05) is 5.75 Å². The Balaban J connectivity index is 2.00. The molecule has 0 amide bonds. The predicted molar refractivity (Wildman–Crippen MR) is 77.7 cm³/mol. The summed E-state index contributed by atoms with van der Waals surface area (Å²) in [5.74, 6) is 1.20. The third kappa shape index (κ3) is 2.19. The maximum atomic E-state index is 12.0. The molecule has 5 heteroatoms. The van der Waals surface area contributed by atoms with Gasteiger partial charge in [-0.15, -0.1) is 0 Å². The quantitative estimate of drug-likeness (QED) is 0.918. The van der Waals surface area contributed by atoms with E-state index in [0.717, 1.165) is 17.6 Å². The molecule has 0 spiro atoms. The molecule has 3 nitrogen and oxygen atoms in total. The molecule has 1 N–H and O–H groups in total. The fourth-order valence-electron chi connectivity index (χ4n) is 2.50. The van der Waals surface area contributed by atoms with E-state index in [9.17, 15) is 4.79 Å². The molecular formula is C13H15ClN2OS. The Bertz CT molecular complexity index is 613. The van der Waals surface area contributed by atoms with Crippen LogP contribution in [0.25, 0.3) is 11.0 Å². The van der Waals surface area contributed by atoms with Crippen LogP contribution in [0.2, 0.25) is 5.02 Å². The lowest BCUT2D eigenvalue weighted by atomic mass is 10.2. The summed E-state index contributed by atoms with van der Waals surface area (Å²) in [4.78, 5) is 14.9. The van der Waals surface area contributed by atoms with Crippen molar-refractivity contribution >= 4 is 34.4 Å². The third-order valence-electron chi connectivity index (χ3n) is 3.40. The number of nitrogens with one attached hydrogen (secondary N) is 1. The number of rotatable bonds is 2. The van der Waals surface area contributed by atoms with Gasteiger partial charge in [0.05, 0.1) is 16.1 Å². The zero-order valence-electron chi connectivity index (χ0n) is 9.99. The summed E-state index contributed by atoms with van der Waals surface area (Å²) in [6.45, 7) is 0.757. The lowest BCUT2D eigenvalue weighted by Gasteiger charge is -2.21. The van der Waals surface area contributed by atoms with E-state index in [-0.39, 0.29) is 5.69 Å². The van der Waals surface area contributed by atoms with Crippen molar-refractivity contribution in [2.24, 2.45) is 0 Å². The van der Waals surface area contributed by atoms with Crippen LogP contribution in [0.3, 0.4) is 0 Å². The molecular weight excluding hydrogens is 268 g/mol. The van der Waals surface area contributed by atoms with Crippen molar-refractivity contribution < 1.29 is 0 Å². The average molecular weight is 283 g/mol. The summed E-state index contributed by atoms with van der Waals surface area (Å²) >= 11 is 8.17. The Labute approximate surface area is 115 Å². The van der Waals surface area contributed by atoms with E-state index in [1.807, 2.05) is 30.0 Å². The van der Waals surface area contributed by atoms with Crippen molar-refractivity contribution in [1.29, 1.82) is 0 Å². The number of nitrogens with zero attached hydrogens (tertiary/aromatic N) is 1. The van der Waals surface area contributed by atoms with Crippen LogP contribution in [-0.2, 0) is 6.54 Å². The van der Waals surface area contributed by atoms with Crippen LogP contribution < -0.4 is 5.69 Å². The fraction of sp³-hybridized carbons (Fsp3) is 0.462. The number of para-hydroxylation sites is 1. The molecule has 96 valence electrons. The zero-order chi connectivity index (χ0) is 12.5. The van der Waals surface area contributed by atoms with Gasteiger partial charge < -0.3 is 4.98 Å². The molecule has 1 atom stereocenters. The van der Waals surface area contributed by atoms with Crippen LogP contribution >= 0.6 is 23.4 Å². The van der Waals surface area contributed by atoms with E-state index in [4.69, 9.17) is 11.6 Å². The highest BCUT2D eigenvalue weighted by molar-refractivity contribution is 7.99. The van der Waals surface area contributed by atoms with Gasteiger partial charge in [-0.2, -0.15) is 11.8 Å². The summed E-state index contributed by atoms with van der Waals surface area (Å²) in [6.07, 6.45) is 3.75. The molecule has 1 saturated heterocycles. The van der Waals surface area contributed by atoms with Crippen LogP contribution in [0, 0.1) is 0 Å². The lowest BCUT2D eigenvalue weighted by Crippen LogP contribution is -2.24. The molecule has 2 heterocycles. The zero-order valence-corrected chi connectivity index (χ0v) is 11.6. The van der Waals surface area contributed by atoms with Gasteiger partial charge in [-0.1, -0.05) is 24.1 Å². The SMILES string of the molecule is O=c1[nH]c2cccc(Cl)c2n1CC1CCCCS1. The second kappa shape index (κ2) is 5.02. The van der Waals surface area contributed by atoms with E-state index in [1.165, 1.54) is 25.0 Å². The summed E-state index contributed by atoms with van der Waals surface area (Å²) in [6, 6.07) is 5.59. The number of aromatic nitrogens is 2. The average Bonchev–Trinajstić information content (AvgIpc) is 2.69. The van der Waals surface area contributed by atoms with E-state index >= 15 is 0 Å². The molecule has 1 aliphatic heterocycles. The minimum absolute atomic E-state index is 0.0516. The maximum Gasteiger partial charge on any atom is 0.326 e. The molecule has 1 aliphatic rings. The summed E-state index contributed by atoms with van der Waals surface area (Å²) in [5, 5.41) is 1.18. The van der Waals surface area contributed by atoms with Crippen molar-refractivity contribution in [3.05, 3.63) is 33.7 Å². The van der Waals surface area contributed by atoms with Crippen LogP contribution in [0.1, 0.15) is 19.3 Å². The molecule has 0 radical (unpaired) electrons. The van der Waals surface area contributed by atoms with Gasteiger partial charge in [-0.05, 0) is 30.7 Å². The standard InChI is InChI=1S/C13H15ClN2OS/c14-10-5-3-6-11-12(10)16(13(17)15-11)8-9-4-1-2-7-18-9/h3,5-6,9H,1-2,4,7-8H2,(H,15,17). The first-order valence-corrected chi connectivity index (χ1v) is 7.67. The van der Waals surface area contributed by atoms with Gasteiger partial charge in [0.15, 0.2) is 0 Å². The molecule has 1 aromatic carbocycles. The van der Waals surface area contributed by atoms with Gasteiger partial charge >= 0.3 is 5.69 Å². The minimum Gasteiger partial charge on any atom is -0.305 e.